The molecule has 0 N–H and O–H groups in total. The van der Waals surface area contributed by atoms with Gasteiger partial charge in [0.1, 0.15) is 11.9 Å². The number of alkyl halides is 3. The van der Waals surface area contributed by atoms with E-state index in [1.165, 1.54) is 16.2 Å². The van der Waals surface area contributed by atoms with Gasteiger partial charge in [-0.15, -0.1) is 11.3 Å². The Morgan fingerprint density at radius 1 is 1.14 bits per heavy atom. The molecule has 2 aliphatic heterocycles. The topological polar surface area (TPSA) is 43.9 Å². The van der Waals surface area contributed by atoms with E-state index in [0.29, 0.717) is 40.5 Å². The lowest BCUT2D eigenvalue weighted by Crippen LogP contribution is -2.52. The number of amides is 3. The first-order chi connectivity index (χ1) is 13.6. The summed E-state index contributed by atoms with van der Waals surface area (Å²) in [6.45, 7) is 1.42. The summed E-state index contributed by atoms with van der Waals surface area (Å²) in [5.41, 5.74) is -1.81. The Morgan fingerprint density at radius 2 is 1.90 bits per heavy atom. The van der Waals surface area contributed by atoms with Crippen LogP contribution in [0.2, 0.25) is 4.34 Å². The van der Waals surface area contributed by atoms with E-state index in [0.717, 1.165) is 4.88 Å². The SMILES string of the molecule is O=C1C2CN(Cc3ccc(Cl)s3)CCN2C(=O)N1c1cc(C(F)(F)F)ccc1F. The minimum absolute atomic E-state index is 0.206. The van der Waals surface area contributed by atoms with E-state index in [2.05, 4.69) is 0 Å². The van der Waals surface area contributed by atoms with E-state index in [1.54, 1.807) is 6.07 Å². The zero-order chi connectivity index (χ0) is 20.9. The number of urea groups is 1. The lowest BCUT2D eigenvalue weighted by atomic mass is 10.1. The van der Waals surface area contributed by atoms with Gasteiger partial charge >= 0.3 is 12.2 Å². The predicted molar refractivity (Wildman–Crippen MR) is 99.4 cm³/mol. The second-order valence-corrected chi connectivity index (χ2v) is 8.57. The van der Waals surface area contributed by atoms with Crippen LogP contribution in [0, 0.1) is 5.82 Å². The molecule has 0 bridgehead atoms. The highest BCUT2D eigenvalue weighted by Gasteiger charge is 2.49. The number of nitrogens with zero attached hydrogens (tertiary/aromatic N) is 3. The molecule has 2 fully saturated rings. The van der Waals surface area contributed by atoms with Crippen molar-refractivity contribution in [3.8, 4) is 0 Å². The summed E-state index contributed by atoms with van der Waals surface area (Å²) in [5.74, 6) is -1.80. The summed E-state index contributed by atoms with van der Waals surface area (Å²) < 4.78 is 53.9. The van der Waals surface area contributed by atoms with Crippen molar-refractivity contribution in [3.63, 3.8) is 0 Å². The Bertz CT molecular complexity index is 980. The molecular formula is C18H14ClF4N3O2S. The third-order valence-electron chi connectivity index (χ3n) is 4.93. The number of benzene rings is 1. The molecule has 3 amide bonds. The van der Waals surface area contributed by atoms with Gasteiger partial charge in [0.2, 0.25) is 0 Å². The van der Waals surface area contributed by atoms with E-state index in [4.69, 9.17) is 11.6 Å². The quantitative estimate of drug-likeness (QED) is 0.523. The number of anilines is 1. The first-order valence-corrected chi connectivity index (χ1v) is 9.82. The molecule has 2 saturated heterocycles. The molecule has 5 nitrogen and oxygen atoms in total. The maximum atomic E-state index is 14.2. The third-order valence-corrected chi connectivity index (χ3v) is 6.15. The Balaban J connectivity index is 1.58. The molecule has 154 valence electrons. The summed E-state index contributed by atoms with van der Waals surface area (Å²) in [6, 6.07) is 3.63. The van der Waals surface area contributed by atoms with Gasteiger partial charge in [0.15, 0.2) is 0 Å². The molecular weight excluding hydrogens is 434 g/mol. The van der Waals surface area contributed by atoms with Crippen LogP contribution < -0.4 is 4.90 Å². The van der Waals surface area contributed by atoms with Gasteiger partial charge in [0, 0.05) is 31.1 Å². The Labute approximate surface area is 172 Å². The highest BCUT2D eigenvalue weighted by atomic mass is 35.5. The van der Waals surface area contributed by atoms with E-state index in [1.807, 2.05) is 11.0 Å². The summed E-state index contributed by atoms with van der Waals surface area (Å²) in [7, 11) is 0. The minimum atomic E-state index is -4.72. The molecule has 11 heteroatoms. The van der Waals surface area contributed by atoms with Crippen LogP contribution in [0.4, 0.5) is 28.0 Å². The monoisotopic (exact) mass is 447 g/mol. The number of fused-ring (bicyclic) bond motifs is 1. The van der Waals surface area contributed by atoms with Crippen LogP contribution >= 0.6 is 22.9 Å². The van der Waals surface area contributed by atoms with Crippen LogP contribution in [-0.2, 0) is 17.5 Å². The van der Waals surface area contributed by atoms with E-state index in [-0.39, 0.29) is 13.1 Å². The number of carbonyl (C=O) groups excluding carboxylic acids is 2. The van der Waals surface area contributed by atoms with Gasteiger partial charge in [-0.25, -0.2) is 14.1 Å². The van der Waals surface area contributed by atoms with Crippen molar-refractivity contribution in [2.45, 2.75) is 18.8 Å². The number of hydrogen-bond acceptors (Lipinski definition) is 4. The van der Waals surface area contributed by atoms with E-state index >= 15 is 0 Å². The second kappa shape index (κ2) is 7.26. The molecule has 0 saturated carbocycles. The van der Waals surface area contributed by atoms with Gasteiger partial charge in [-0.2, -0.15) is 13.2 Å². The number of carbonyl (C=O) groups is 2. The van der Waals surface area contributed by atoms with Crippen LogP contribution in [0.5, 0.6) is 0 Å². The fourth-order valence-corrected chi connectivity index (χ4v) is 4.66. The highest BCUT2D eigenvalue weighted by Crippen LogP contribution is 2.36. The van der Waals surface area contributed by atoms with Gasteiger partial charge < -0.3 is 4.90 Å². The summed E-state index contributed by atoms with van der Waals surface area (Å²) in [5, 5.41) is 0. The molecule has 29 heavy (non-hydrogen) atoms. The van der Waals surface area contributed by atoms with Crippen molar-refractivity contribution >= 4 is 40.6 Å². The normalized spacial score (nSPS) is 20.5. The van der Waals surface area contributed by atoms with Crippen LogP contribution in [0.1, 0.15) is 10.4 Å². The Morgan fingerprint density at radius 3 is 2.55 bits per heavy atom. The highest BCUT2D eigenvalue weighted by molar-refractivity contribution is 7.16. The molecule has 1 aromatic carbocycles. The molecule has 1 unspecified atom stereocenters. The lowest BCUT2D eigenvalue weighted by Gasteiger charge is -2.34. The zero-order valence-electron chi connectivity index (χ0n) is 14.7. The number of hydrogen-bond donors (Lipinski definition) is 0. The second-order valence-electron chi connectivity index (χ2n) is 6.77. The molecule has 0 radical (unpaired) electrons. The van der Waals surface area contributed by atoms with Crippen LogP contribution in [0.15, 0.2) is 30.3 Å². The zero-order valence-corrected chi connectivity index (χ0v) is 16.3. The van der Waals surface area contributed by atoms with E-state index in [9.17, 15) is 27.2 Å². The standard InChI is InChI=1S/C18H14ClF4N3O2S/c19-15-4-2-11(29-15)8-24-5-6-25-14(9-24)16(27)26(17(25)28)13-7-10(18(21,22)23)1-3-12(13)20/h1-4,7,14H,5-6,8-9H2. The van der Waals surface area contributed by atoms with Gasteiger partial charge in [0.25, 0.3) is 5.91 Å². The molecule has 0 aliphatic carbocycles. The lowest BCUT2D eigenvalue weighted by molar-refractivity contribution is -0.137. The van der Waals surface area contributed by atoms with Crippen molar-refractivity contribution in [3.05, 3.63) is 50.9 Å². The molecule has 3 heterocycles. The van der Waals surface area contributed by atoms with Crippen LogP contribution in [0.3, 0.4) is 0 Å². The molecule has 2 aromatic rings. The summed E-state index contributed by atoms with van der Waals surface area (Å²) in [6.07, 6.45) is -4.72. The van der Waals surface area contributed by atoms with Crippen molar-refractivity contribution in [1.82, 2.24) is 9.80 Å². The fourth-order valence-electron chi connectivity index (χ4n) is 3.53. The Hall–Kier alpha value is -2.17. The average Bonchev–Trinajstić information content (AvgIpc) is 3.16. The van der Waals surface area contributed by atoms with Crippen LogP contribution in [0.25, 0.3) is 0 Å². The number of piperazine rings is 1. The molecule has 1 atom stereocenters. The van der Waals surface area contributed by atoms with Gasteiger partial charge in [-0.3, -0.25) is 9.69 Å². The van der Waals surface area contributed by atoms with Crippen LogP contribution in [-0.4, -0.2) is 47.4 Å². The summed E-state index contributed by atoms with van der Waals surface area (Å²) in [4.78, 5) is 30.3. The largest absolute Gasteiger partial charge is 0.416 e. The first-order valence-electron chi connectivity index (χ1n) is 8.63. The molecule has 0 spiro atoms. The minimum Gasteiger partial charge on any atom is -0.309 e. The maximum Gasteiger partial charge on any atom is 0.416 e. The first kappa shape index (κ1) is 20.1. The van der Waals surface area contributed by atoms with Crippen molar-refractivity contribution in [2.24, 2.45) is 0 Å². The van der Waals surface area contributed by atoms with E-state index < -0.39 is 41.2 Å². The van der Waals surface area contributed by atoms with Gasteiger partial charge in [0.05, 0.1) is 15.6 Å². The fraction of sp³-hybridized carbons (Fsp3) is 0.333. The smallest absolute Gasteiger partial charge is 0.309 e. The van der Waals surface area contributed by atoms with Gasteiger partial charge in [-0.1, -0.05) is 11.6 Å². The predicted octanol–water partition coefficient (Wildman–Crippen LogP) is 4.21. The average molecular weight is 448 g/mol. The summed E-state index contributed by atoms with van der Waals surface area (Å²) >= 11 is 7.33. The number of thiophene rings is 1. The third kappa shape index (κ3) is 3.72. The maximum absolute atomic E-state index is 14.2. The molecule has 2 aliphatic rings. The number of imide groups is 1. The van der Waals surface area contributed by atoms with Crippen molar-refractivity contribution < 1.29 is 27.2 Å². The van der Waals surface area contributed by atoms with Crippen molar-refractivity contribution in [2.75, 3.05) is 24.5 Å². The van der Waals surface area contributed by atoms with Gasteiger partial charge in [-0.05, 0) is 30.3 Å². The van der Waals surface area contributed by atoms with Crippen molar-refractivity contribution in [1.29, 1.82) is 0 Å². The number of rotatable bonds is 3. The Kier molecular flexibility index (Phi) is 5.04. The number of halogens is 5. The molecule has 4 rings (SSSR count). The molecule has 1 aromatic heterocycles.